The maximum Gasteiger partial charge on any atom is 0.357 e. The molecule has 0 saturated heterocycles. The second kappa shape index (κ2) is 3.67. The first-order chi connectivity index (χ1) is 8.27. The fourth-order valence-electron chi connectivity index (χ4n) is 1.69. The number of para-hydroxylation sites is 1. The number of nitrogens with zero attached hydrogens (tertiary/aromatic N) is 3. The van der Waals surface area contributed by atoms with Gasteiger partial charge in [0.2, 0.25) is 5.13 Å². The highest BCUT2D eigenvalue weighted by atomic mass is 32.1. The van der Waals surface area contributed by atoms with E-state index in [9.17, 15) is 4.79 Å². The van der Waals surface area contributed by atoms with Crippen molar-refractivity contribution in [1.82, 2.24) is 14.8 Å². The zero-order valence-corrected chi connectivity index (χ0v) is 9.39. The van der Waals surface area contributed by atoms with E-state index in [0.29, 0.717) is 10.5 Å². The zero-order valence-electron chi connectivity index (χ0n) is 8.57. The molecule has 3 aromatic rings. The fourth-order valence-corrected chi connectivity index (χ4v) is 2.29. The Bertz CT molecular complexity index is 688. The quantitative estimate of drug-likeness (QED) is 0.751. The van der Waals surface area contributed by atoms with E-state index >= 15 is 0 Å². The number of hydrogen-bond acceptors (Lipinski definition) is 4. The predicted octanol–water partition coefficient (Wildman–Crippen LogP) is 2.18. The Labute approximate surface area is 100.0 Å². The first-order valence-electron chi connectivity index (χ1n) is 4.88. The van der Waals surface area contributed by atoms with Crippen molar-refractivity contribution in [3.8, 4) is 5.13 Å². The van der Waals surface area contributed by atoms with Gasteiger partial charge in [0.15, 0.2) is 5.69 Å². The van der Waals surface area contributed by atoms with E-state index in [1.54, 1.807) is 23.0 Å². The number of carboxylic acid groups (broad SMARTS) is 1. The molecule has 2 aromatic heterocycles. The summed E-state index contributed by atoms with van der Waals surface area (Å²) in [5.41, 5.74) is 0.802. The van der Waals surface area contributed by atoms with Crippen LogP contribution >= 0.6 is 11.3 Å². The number of aromatic carboxylic acids is 1. The second-order valence-electron chi connectivity index (χ2n) is 3.40. The lowest BCUT2D eigenvalue weighted by Gasteiger charge is -1.96. The molecule has 1 aromatic carbocycles. The summed E-state index contributed by atoms with van der Waals surface area (Å²) < 4.78 is 1.56. The van der Waals surface area contributed by atoms with Crippen molar-refractivity contribution >= 4 is 28.2 Å². The third kappa shape index (κ3) is 1.50. The zero-order chi connectivity index (χ0) is 11.8. The molecule has 0 saturated carbocycles. The molecule has 0 radical (unpaired) electrons. The van der Waals surface area contributed by atoms with E-state index in [1.807, 2.05) is 17.5 Å². The van der Waals surface area contributed by atoms with Crippen LogP contribution in [0.15, 0.2) is 35.8 Å². The number of benzene rings is 1. The van der Waals surface area contributed by atoms with Gasteiger partial charge < -0.3 is 5.11 Å². The molecular weight excluding hydrogens is 238 g/mol. The minimum atomic E-state index is -1.03. The van der Waals surface area contributed by atoms with E-state index in [2.05, 4.69) is 10.1 Å². The van der Waals surface area contributed by atoms with Gasteiger partial charge in [-0.3, -0.25) is 0 Å². The summed E-state index contributed by atoms with van der Waals surface area (Å²) in [6, 6.07) is 7.22. The smallest absolute Gasteiger partial charge is 0.357 e. The fraction of sp³-hybridized carbons (Fsp3) is 0. The minimum absolute atomic E-state index is 0.0517. The molecule has 0 unspecified atom stereocenters. The summed E-state index contributed by atoms with van der Waals surface area (Å²) >= 11 is 1.41. The summed E-state index contributed by atoms with van der Waals surface area (Å²) in [6.45, 7) is 0. The molecule has 84 valence electrons. The van der Waals surface area contributed by atoms with Crippen LogP contribution in [0.5, 0.6) is 0 Å². The predicted molar refractivity (Wildman–Crippen MR) is 63.7 cm³/mol. The topological polar surface area (TPSA) is 68.0 Å². The van der Waals surface area contributed by atoms with Crippen LogP contribution in [0.3, 0.4) is 0 Å². The molecule has 17 heavy (non-hydrogen) atoms. The van der Waals surface area contributed by atoms with Crippen LogP contribution in [0, 0.1) is 0 Å². The lowest BCUT2D eigenvalue weighted by molar-refractivity contribution is 0.0692. The van der Waals surface area contributed by atoms with Crippen LogP contribution in [-0.4, -0.2) is 25.8 Å². The summed E-state index contributed by atoms with van der Waals surface area (Å²) in [7, 11) is 0. The molecular formula is C11H7N3O2S. The molecule has 0 fully saturated rings. The molecule has 0 atom stereocenters. The Hall–Kier alpha value is -2.21. The molecule has 0 spiro atoms. The Morgan fingerprint density at radius 1 is 1.35 bits per heavy atom. The Morgan fingerprint density at radius 3 is 2.88 bits per heavy atom. The highest BCUT2D eigenvalue weighted by Crippen LogP contribution is 2.22. The number of aromatic nitrogens is 3. The average Bonchev–Trinajstić information content (AvgIpc) is 2.95. The lowest BCUT2D eigenvalue weighted by atomic mass is 10.2. The van der Waals surface area contributed by atoms with Gasteiger partial charge in [0.1, 0.15) is 0 Å². The highest BCUT2D eigenvalue weighted by molar-refractivity contribution is 7.12. The average molecular weight is 245 g/mol. The van der Waals surface area contributed by atoms with Crippen molar-refractivity contribution in [2.24, 2.45) is 0 Å². The van der Waals surface area contributed by atoms with Gasteiger partial charge in [-0.05, 0) is 6.07 Å². The van der Waals surface area contributed by atoms with Gasteiger partial charge in [0, 0.05) is 17.0 Å². The second-order valence-corrected chi connectivity index (χ2v) is 4.27. The summed E-state index contributed by atoms with van der Waals surface area (Å²) in [6.07, 6.45) is 1.66. The molecule has 1 N–H and O–H groups in total. The highest BCUT2D eigenvalue weighted by Gasteiger charge is 2.17. The largest absolute Gasteiger partial charge is 0.476 e. The first-order valence-corrected chi connectivity index (χ1v) is 5.76. The van der Waals surface area contributed by atoms with Crippen molar-refractivity contribution in [2.75, 3.05) is 0 Å². The molecule has 0 aliphatic heterocycles. The van der Waals surface area contributed by atoms with Crippen molar-refractivity contribution in [2.45, 2.75) is 0 Å². The Morgan fingerprint density at radius 2 is 2.18 bits per heavy atom. The van der Waals surface area contributed by atoms with Crippen molar-refractivity contribution < 1.29 is 9.90 Å². The van der Waals surface area contributed by atoms with E-state index in [1.165, 1.54) is 11.3 Å². The van der Waals surface area contributed by atoms with Crippen LogP contribution in [-0.2, 0) is 0 Å². The van der Waals surface area contributed by atoms with Crippen LogP contribution in [0.1, 0.15) is 10.5 Å². The van der Waals surface area contributed by atoms with E-state index in [-0.39, 0.29) is 5.69 Å². The van der Waals surface area contributed by atoms with Gasteiger partial charge in [-0.2, -0.15) is 5.10 Å². The van der Waals surface area contributed by atoms with Crippen LogP contribution in [0.4, 0.5) is 0 Å². The summed E-state index contributed by atoms with van der Waals surface area (Å²) in [5.74, 6) is -1.03. The normalized spacial score (nSPS) is 10.8. The van der Waals surface area contributed by atoms with Crippen molar-refractivity contribution in [1.29, 1.82) is 0 Å². The number of fused-ring (bicyclic) bond motifs is 1. The number of hydrogen-bond donors (Lipinski definition) is 1. The van der Waals surface area contributed by atoms with Gasteiger partial charge in [-0.15, -0.1) is 11.3 Å². The molecule has 0 aliphatic carbocycles. The van der Waals surface area contributed by atoms with Crippen LogP contribution < -0.4 is 0 Å². The third-order valence-corrected chi connectivity index (χ3v) is 3.14. The molecule has 3 rings (SSSR count). The summed E-state index contributed by atoms with van der Waals surface area (Å²) in [4.78, 5) is 15.2. The van der Waals surface area contributed by atoms with Crippen molar-refractivity contribution in [3.63, 3.8) is 0 Å². The summed E-state index contributed by atoms with van der Waals surface area (Å²) in [5, 5.41) is 16.3. The first kappa shape index (κ1) is 9.98. The molecule has 0 bridgehead atoms. The number of carbonyl (C=O) groups is 1. The minimum Gasteiger partial charge on any atom is -0.476 e. The molecule has 0 amide bonds. The number of rotatable bonds is 2. The van der Waals surface area contributed by atoms with Gasteiger partial charge in [0.05, 0.1) is 5.52 Å². The SMILES string of the molecule is O=C(O)c1nn(-c2nccs2)c2ccccc12. The maximum absolute atomic E-state index is 11.1. The van der Waals surface area contributed by atoms with Crippen molar-refractivity contribution in [3.05, 3.63) is 41.5 Å². The van der Waals surface area contributed by atoms with Gasteiger partial charge >= 0.3 is 5.97 Å². The van der Waals surface area contributed by atoms with Gasteiger partial charge in [0.25, 0.3) is 0 Å². The van der Waals surface area contributed by atoms with E-state index in [0.717, 1.165) is 5.52 Å². The third-order valence-electron chi connectivity index (χ3n) is 2.39. The number of thiazole rings is 1. The number of carboxylic acids is 1. The Kier molecular flexibility index (Phi) is 2.15. The van der Waals surface area contributed by atoms with Gasteiger partial charge in [-0.1, -0.05) is 18.2 Å². The Balaban J connectivity index is 2.37. The van der Waals surface area contributed by atoms with E-state index < -0.39 is 5.97 Å². The molecule has 0 aliphatic rings. The van der Waals surface area contributed by atoms with Crippen LogP contribution in [0.2, 0.25) is 0 Å². The monoisotopic (exact) mass is 245 g/mol. The maximum atomic E-state index is 11.1. The molecule has 2 heterocycles. The molecule has 6 heteroatoms. The molecule has 5 nitrogen and oxygen atoms in total. The standard InChI is InChI=1S/C11H7N3O2S/c15-10(16)9-7-3-1-2-4-8(7)14(13-9)11-12-5-6-17-11/h1-6H,(H,15,16). The van der Waals surface area contributed by atoms with Crippen LogP contribution in [0.25, 0.3) is 16.0 Å². The van der Waals surface area contributed by atoms with Gasteiger partial charge in [-0.25, -0.2) is 14.5 Å². The lowest BCUT2D eigenvalue weighted by Crippen LogP contribution is -2.00. The van der Waals surface area contributed by atoms with E-state index in [4.69, 9.17) is 5.11 Å².